The Hall–Kier alpha value is -3.52. The van der Waals surface area contributed by atoms with Gasteiger partial charge < -0.3 is 24.3 Å². The first kappa shape index (κ1) is 22.7. The molecule has 1 saturated heterocycles. The van der Waals surface area contributed by atoms with E-state index in [1.54, 1.807) is 11.4 Å². The molecule has 4 rings (SSSR count). The quantitative estimate of drug-likeness (QED) is 0.460. The summed E-state index contributed by atoms with van der Waals surface area (Å²) in [6.45, 7) is 3.33. The van der Waals surface area contributed by atoms with E-state index in [2.05, 4.69) is 15.4 Å². The third-order valence-electron chi connectivity index (χ3n) is 4.96. The molecule has 4 heterocycles. The molecule has 2 aromatic rings. The van der Waals surface area contributed by atoms with Crippen molar-refractivity contribution >= 4 is 41.0 Å². The molecule has 176 valence electrons. The number of ether oxygens (including phenoxy) is 4. The molecule has 5 atom stereocenters. The van der Waals surface area contributed by atoms with Gasteiger partial charge in [-0.3, -0.25) is 19.3 Å². The SMILES string of the molecule is CC(=O)OC[C@H]1O[C@@H](N2C(=O)NC(n3cncn3)c3sccc32)[C@H](OC(C)=O)[C@@H]1OC(C)=O. The van der Waals surface area contributed by atoms with Crippen LogP contribution in [0.5, 0.6) is 0 Å². The molecule has 2 aliphatic heterocycles. The molecule has 0 spiro atoms. The molecule has 2 aromatic heterocycles. The molecule has 0 saturated carbocycles. The highest BCUT2D eigenvalue weighted by Gasteiger charge is 2.54. The Morgan fingerprint density at radius 1 is 1.15 bits per heavy atom. The molecule has 13 nitrogen and oxygen atoms in total. The maximum atomic E-state index is 13.2. The maximum absolute atomic E-state index is 13.2. The van der Waals surface area contributed by atoms with Gasteiger partial charge in [-0.2, -0.15) is 5.10 Å². The second-order valence-electron chi connectivity index (χ2n) is 7.28. The van der Waals surface area contributed by atoms with Gasteiger partial charge in [0.2, 0.25) is 0 Å². The number of anilines is 1. The Morgan fingerprint density at radius 3 is 2.52 bits per heavy atom. The number of esters is 3. The van der Waals surface area contributed by atoms with Crippen molar-refractivity contribution in [2.75, 3.05) is 11.5 Å². The van der Waals surface area contributed by atoms with Crippen LogP contribution in [-0.2, 0) is 33.3 Å². The fraction of sp³-hybridized carbons (Fsp3) is 0.474. The van der Waals surface area contributed by atoms with Crippen LogP contribution in [0, 0.1) is 0 Å². The van der Waals surface area contributed by atoms with Crippen molar-refractivity contribution in [1.29, 1.82) is 0 Å². The number of aromatic nitrogens is 3. The lowest BCUT2D eigenvalue weighted by atomic mass is 10.1. The van der Waals surface area contributed by atoms with Crippen LogP contribution < -0.4 is 10.2 Å². The number of rotatable bonds is 6. The molecular formula is C19H21N5O8S. The Bertz CT molecular complexity index is 1060. The number of nitrogens with one attached hydrogen (secondary N) is 1. The lowest BCUT2D eigenvalue weighted by Crippen LogP contribution is -2.56. The van der Waals surface area contributed by atoms with E-state index in [4.69, 9.17) is 18.9 Å². The zero-order chi connectivity index (χ0) is 23.7. The van der Waals surface area contributed by atoms with Gasteiger partial charge in [0.1, 0.15) is 25.4 Å². The van der Waals surface area contributed by atoms with E-state index in [1.165, 1.54) is 54.3 Å². The van der Waals surface area contributed by atoms with Gasteiger partial charge in [0.15, 0.2) is 24.6 Å². The molecule has 1 unspecified atom stereocenters. The second-order valence-corrected chi connectivity index (χ2v) is 8.23. The standard InChI is InChI=1S/C19H21N5O8S/c1-9(25)29-6-13-14(30-10(2)26)15(31-11(3)27)18(32-13)24-12-4-5-33-16(12)17(22-19(24)28)23-8-20-7-21-23/h4-5,7-8,13-15,17-18H,6H2,1-3H3,(H,22,28)/t13-,14-,15-,17?,18-/m1/s1. The molecule has 14 heteroatoms. The average molecular weight is 479 g/mol. The fourth-order valence-electron chi connectivity index (χ4n) is 3.77. The number of nitrogens with zero attached hydrogens (tertiary/aromatic N) is 4. The minimum atomic E-state index is -1.17. The first-order valence-corrected chi connectivity index (χ1v) is 10.8. The van der Waals surface area contributed by atoms with Crippen molar-refractivity contribution in [3.8, 4) is 0 Å². The summed E-state index contributed by atoms with van der Waals surface area (Å²) in [7, 11) is 0. The van der Waals surface area contributed by atoms with Crippen molar-refractivity contribution in [1.82, 2.24) is 20.1 Å². The number of hydrogen-bond acceptors (Lipinski definition) is 11. The molecule has 0 bridgehead atoms. The van der Waals surface area contributed by atoms with Gasteiger partial charge in [-0.1, -0.05) is 0 Å². The third-order valence-corrected chi connectivity index (χ3v) is 5.91. The molecule has 33 heavy (non-hydrogen) atoms. The maximum Gasteiger partial charge on any atom is 0.326 e. The van der Waals surface area contributed by atoms with E-state index >= 15 is 0 Å². The molecule has 1 N–H and O–H groups in total. The number of urea groups is 1. The predicted molar refractivity (Wildman–Crippen MR) is 110 cm³/mol. The van der Waals surface area contributed by atoms with Gasteiger partial charge in [-0.15, -0.1) is 11.3 Å². The van der Waals surface area contributed by atoms with E-state index in [1.807, 2.05) is 0 Å². The van der Waals surface area contributed by atoms with Crippen LogP contribution in [0.4, 0.5) is 10.5 Å². The number of thiophene rings is 1. The van der Waals surface area contributed by atoms with Crippen molar-refractivity contribution in [3.63, 3.8) is 0 Å². The van der Waals surface area contributed by atoms with E-state index in [0.29, 0.717) is 5.69 Å². The number of fused-ring (bicyclic) bond motifs is 1. The summed E-state index contributed by atoms with van der Waals surface area (Å²) in [6.07, 6.45) is -2.19. The van der Waals surface area contributed by atoms with E-state index in [9.17, 15) is 19.2 Å². The Morgan fingerprint density at radius 2 is 1.88 bits per heavy atom. The van der Waals surface area contributed by atoms with Gasteiger partial charge >= 0.3 is 23.9 Å². The molecule has 2 amide bonds. The van der Waals surface area contributed by atoms with Crippen molar-refractivity contribution in [3.05, 3.63) is 29.0 Å². The summed E-state index contributed by atoms with van der Waals surface area (Å²) in [5.41, 5.74) is 0.501. The summed E-state index contributed by atoms with van der Waals surface area (Å²) >= 11 is 1.37. The van der Waals surface area contributed by atoms with Gasteiger partial charge in [-0.25, -0.2) is 14.5 Å². The van der Waals surface area contributed by atoms with Gasteiger partial charge in [-0.05, 0) is 11.4 Å². The number of amides is 2. The normalized spacial score (nSPS) is 26.3. The first-order chi connectivity index (χ1) is 15.8. The van der Waals surface area contributed by atoms with Gasteiger partial charge in [0, 0.05) is 20.8 Å². The van der Waals surface area contributed by atoms with Crippen LogP contribution in [0.1, 0.15) is 31.8 Å². The summed E-state index contributed by atoms with van der Waals surface area (Å²) in [4.78, 5) is 54.2. The summed E-state index contributed by atoms with van der Waals surface area (Å²) in [5.74, 6) is -1.89. The molecule has 0 radical (unpaired) electrons. The molecular weight excluding hydrogens is 458 g/mol. The van der Waals surface area contributed by atoms with Crippen molar-refractivity contribution in [2.24, 2.45) is 0 Å². The Kier molecular flexibility index (Phi) is 6.29. The monoisotopic (exact) mass is 479 g/mol. The predicted octanol–water partition coefficient (Wildman–Crippen LogP) is 0.567. The Balaban J connectivity index is 1.70. The highest BCUT2D eigenvalue weighted by atomic mass is 32.1. The largest absolute Gasteiger partial charge is 0.463 e. The van der Waals surface area contributed by atoms with Crippen molar-refractivity contribution in [2.45, 2.75) is 51.5 Å². The number of carbonyl (C=O) groups is 4. The second kappa shape index (κ2) is 9.15. The minimum Gasteiger partial charge on any atom is -0.463 e. The van der Waals surface area contributed by atoms with Crippen LogP contribution in [0.25, 0.3) is 0 Å². The van der Waals surface area contributed by atoms with Crippen LogP contribution in [0.15, 0.2) is 24.1 Å². The fourth-order valence-corrected chi connectivity index (χ4v) is 4.70. The smallest absolute Gasteiger partial charge is 0.326 e. The molecule has 2 aliphatic rings. The summed E-state index contributed by atoms with van der Waals surface area (Å²) < 4.78 is 23.3. The summed E-state index contributed by atoms with van der Waals surface area (Å²) in [6, 6.07) is 1.16. The van der Waals surface area contributed by atoms with Crippen LogP contribution >= 0.6 is 11.3 Å². The number of hydrogen-bond donors (Lipinski definition) is 1. The Labute approximate surface area is 191 Å². The zero-order valence-electron chi connectivity index (χ0n) is 17.9. The highest BCUT2D eigenvalue weighted by molar-refractivity contribution is 7.10. The average Bonchev–Trinajstić information content (AvgIpc) is 3.47. The molecule has 1 fully saturated rings. The zero-order valence-corrected chi connectivity index (χ0v) is 18.7. The molecule has 0 aromatic carbocycles. The van der Waals surface area contributed by atoms with Crippen LogP contribution in [0.2, 0.25) is 0 Å². The topological polar surface area (TPSA) is 151 Å². The van der Waals surface area contributed by atoms with Crippen LogP contribution in [-0.4, -0.2) is 69.9 Å². The van der Waals surface area contributed by atoms with Gasteiger partial charge in [0.05, 0.1) is 10.6 Å². The summed E-state index contributed by atoms with van der Waals surface area (Å²) in [5, 5.41) is 8.72. The highest BCUT2D eigenvalue weighted by Crippen LogP contribution is 2.41. The minimum absolute atomic E-state index is 0.269. The third kappa shape index (κ3) is 4.52. The lowest BCUT2D eigenvalue weighted by Gasteiger charge is -2.37. The number of carbonyl (C=O) groups excluding carboxylic acids is 4. The van der Waals surface area contributed by atoms with E-state index < -0.39 is 54.6 Å². The lowest BCUT2D eigenvalue weighted by molar-refractivity contribution is -0.165. The van der Waals surface area contributed by atoms with E-state index in [0.717, 1.165) is 4.88 Å². The van der Waals surface area contributed by atoms with Crippen LogP contribution in [0.3, 0.4) is 0 Å². The van der Waals surface area contributed by atoms with E-state index in [-0.39, 0.29) is 6.61 Å². The van der Waals surface area contributed by atoms with Gasteiger partial charge in [0.25, 0.3) is 0 Å². The van der Waals surface area contributed by atoms with Crippen molar-refractivity contribution < 1.29 is 38.1 Å². The molecule has 0 aliphatic carbocycles. The first-order valence-electron chi connectivity index (χ1n) is 9.90.